The molecule has 0 saturated carbocycles. The van der Waals surface area contributed by atoms with Crippen molar-refractivity contribution < 1.29 is 24.1 Å². The third-order valence-electron chi connectivity index (χ3n) is 10.3. The average Bonchev–Trinajstić information content (AvgIpc) is 3.81. The number of cyclic esters (lactones) is 1. The van der Waals surface area contributed by atoms with Crippen molar-refractivity contribution in [2.75, 3.05) is 0 Å². The van der Waals surface area contributed by atoms with Crippen molar-refractivity contribution in [1.82, 2.24) is 0 Å². The van der Waals surface area contributed by atoms with Crippen molar-refractivity contribution in [3.8, 4) is 0 Å². The van der Waals surface area contributed by atoms with E-state index in [1.807, 2.05) is 6.92 Å². The molecular weight excluding hydrogens is 584 g/mol. The Morgan fingerprint density at radius 1 is 0.717 bits per heavy atom. The zero-order valence-corrected chi connectivity index (χ0v) is 29.0. The van der Waals surface area contributed by atoms with Crippen molar-refractivity contribution in [3.63, 3.8) is 0 Å². The van der Waals surface area contributed by atoms with Crippen molar-refractivity contribution in [2.24, 2.45) is 10.4 Å². The highest BCUT2D eigenvalue weighted by atomic mass is 16.6. The highest BCUT2D eigenvalue weighted by Crippen LogP contribution is 2.35. The summed E-state index contributed by atoms with van der Waals surface area (Å²) in [5.74, 6) is -0.312. The average molecular weight is 649 g/mol. The van der Waals surface area contributed by atoms with Crippen molar-refractivity contribution in [3.05, 3.63) is 21.5 Å². The lowest BCUT2D eigenvalue weighted by Gasteiger charge is -2.24. The number of carbonyl (C=O) groups excluding carboxylic acids is 1. The van der Waals surface area contributed by atoms with Crippen molar-refractivity contribution in [1.29, 1.82) is 0 Å². The molecule has 1 N–H and O–H groups in total. The van der Waals surface area contributed by atoms with Gasteiger partial charge in [0, 0.05) is 12.0 Å². The van der Waals surface area contributed by atoms with Crippen LogP contribution in [0.5, 0.6) is 0 Å². The Labute approximate surface area is 278 Å². The van der Waals surface area contributed by atoms with E-state index in [2.05, 4.69) is 17.3 Å². The minimum absolute atomic E-state index is 0.0117. The number of ether oxygens (including phenoxy) is 3. The molecule has 0 aliphatic carbocycles. The van der Waals surface area contributed by atoms with Crippen LogP contribution in [0, 0.1) is 9.81 Å². The molecule has 2 unspecified atom stereocenters. The smallest absolute Gasteiger partial charge is 0.334 e. The summed E-state index contributed by atoms with van der Waals surface area (Å²) < 4.78 is 17.7. The number of nitroso groups, excluding NO2 is 2. The Morgan fingerprint density at radius 3 is 1.78 bits per heavy atom. The first-order chi connectivity index (χ1) is 22.4. The van der Waals surface area contributed by atoms with Gasteiger partial charge in [-0.25, -0.2) is 4.79 Å². The van der Waals surface area contributed by atoms with E-state index in [4.69, 9.17) is 14.2 Å². The Kier molecular flexibility index (Phi) is 19.2. The van der Waals surface area contributed by atoms with Gasteiger partial charge in [0.25, 0.3) is 0 Å². The summed E-state index contributed by atoms with van der Waals surface area (Å²) in [5.41, 5.74) is 0.587. The Balaban J connectivity index is 1.16. The van der Waals surface area contributed by atoms with E-state index in [9.17, 15) is 19.7 Å². The fourth-order valence-corrected chi connectivity index (χ4v) is 7.49. The maximum atomic E-state index is 11.8. The first-order valence-electron chi connectivity index (χ1n) is 19.0. The second kappa shape index (κ2) is 22.8. The topological polar surface area (TPSA) is 124 Å². The van der Waals surface area contributed by atoms with E-state index in [0.29, 0.717) is 18.4 Å². The molecule has 46 heavy (non-hydrogen) atoms. The van der Waals surface area contributed by atoms with Crippen LogP contribution in [0.2, 0.25) is 0 Å². The van der Waals surface area contributed by atoms with Gasteiger partial charge in [-0.1, -0.05) is 120 Å². The molecule has 0 aromatic carbocycles. The number of nitrogens with zero attached hydrogens (tertiary/aromatic N) is 2. The largest absolute Gasteiger partial charge is 0.455 e. The minimum atomic E-state index is -0.432. The molecule has 0 aromatic rings. The summed E-state index contributed by atoms with van der Waals surface area (Å²) in [6.45, 7) is 4.06. The molecule has 3 rings (SSSR count). The van der Waals surface area contributed by atoms with E-state index in [1.165, 1.54) is 57.8 Å². The van der Waals surface area contributed by atoms with E-state index < -0.39 is 6.10 Å². The minimum Gasteiger partial charge on any atom is -0.455 e. The van der Waals surface area contributed by atoms with Crippen LogP contribution < -0.4 is 0 Å². The summed E-state index contributed by atoms with van der Waals surface area (Å²) in [4.78, 5) is 34.6. The normalized spacial score (nSPS) is 26.5. The van der Waals surface area contributed by atoms with Crippen molar-refractivity contribution in [2.45, 2.75) is 217 Å². The zero-order valence-electron chi connectivity index (χ0n) is 29.0. The quantitative estimate of drug-likeness (QED) is 0.0534. The van der Waals surface area contributed by atoms with Gasteiger partial charge in [0.2, 0.25) is 0 Å². The monoisotopic (exact) mass is 648 g/mol. The second-order valence-corrected chi connectivity index (χ2v) is 14.3. The van der Waals surface area contributed by atoms with Crippen LogP contribution in [0.3, 0.4) is 0 Å². The first-order valence-corrected chi connectivity index (χ1v) is 19.0. The summed E-state index contributed by atoms with van der Waals surface area (Å²) >= 11 is 0. The van der Waals surface area contributed by atoms with Crippen LogP contribution >= 0.6 is 0 Å². The number of aliphatic hydroxyl groups is 1. The second-order valence-electron chi connectivity index (χ2n) is 14.3. The number of rotatable bonds is 27. The van der Waals surface area contributed by atoms with Crippen LogP contribution in [0.15, 0.2) is 22.0 Å². The molecule has 2 saturated heterocycles. The molecule has 0 spiro atoms. The number of hydrogen-bond acceptors (Lipinski definition) is 9. The predicted octanol–water partition coefficient (Wildman–Crippen LogP) is 9.41. The zero-order chi connectivity index (χ0) is 33.0. The number of esters is 1. The number of unbranched alkanes of at least 4 members (excludes halogenated alkanes) is 14. The highest BCUT2D eigenvalue weighted by Gasteiger charge is 2.41. The van der Waals surface area contributed by atoms with Crippen LogP contribution in [-0.4, -0.2) is 59.8 Å². The number of aliphatic hydroxyl groups excluding tert-OH is 1. The summed E-state index contributed by atoms with van der Waals surface area (Å²) in [7, 11) is 0. The lowest BCUT2D eigenvalue weighted by molar-refractivity contribution is -0.139. The van der Waals surface area contributed by atoms with E-state index in [-0.39, 0.29) is 48.6 Å². The number of carbonyl (C=O) groups is 1. The third-order valence-corrected chi connectivity index (χ3v) is 10.3. The van der Waals surface area contributed by atoms with Gasteiger partial charge >= 0.3 is 5.97 Å². The van der Waals surface area contributed by atoms with Gasteiger partial charge < -0.3 is 19.3 Å². The van der Waals surface area contributed by atoms with Gasteiger partial charge in [-0.3, -0.25) is 0 Å². The van der Waals surface area contributed by atoms with Gasteiger partial charge in [-0.15, -0.1) is 0 Å². The SMILES string of the molecule is CCCCCCCCCCC(N=O)[C@H]1CC[C@@H]([C@@H]2CC[C@H]([C@H](O)CCCCCCCCCCC(CC3=C[C@H](C)OC3=O)N=O)O2)O1. The third kappa shape index (κ3) is 14.2. The van der Waals surface area contributed by atoms with Crippen molar-refractivity contribution >= 4 is 5.97 Å². The molecule has 0 aromatic heterocycles. The van der Waals surface area contributed by atoms with Crippen LogP contribution in [0.1, 0.15) is 168 Å². The molecule has 3 heterocycles. The summed E-state index contributed by atoms with van der Waals surface area (Å²) in [6, 6.07) is -0.601. The fourth-order valence-electron chi connectivity index (χ4n) is 7.49. The summed E-state index contributed by atoms with van der Waals surface area (Å²) in [5, 5.41) is 17.5. The molecule has 3 aliphatic heterocycles. The molecule has 3 aliphatic rings. The lowest BCUT2D eigenvalue weighted by atomic mass is 9.99. The lowest BCUT2D eigenvalue weighted by Crippen LogP contribution is -2.32. The maximum absolute atomic E-state index is 11.8. The Morgan fingerprint density at radius 2 is 1.24 bits per heavy atom. The fraction of sp³-hybridized carbons (Fsp3) is 0.919. The molecule has 2 fully saturated rings. The molecule has 0 bridgehead atoms. The molecule has 0 radical (unpaired) electrons. The van der Waals surface area contributed by atoms with Crippen LogP contribution in [-0.2, 0) is 19.0 Å². The van der Waals surface area contributed by atoms with E-state index in [0.717, 1.165) is 83.5 Å². The Bertz CT molecular complexity index is 899. The van der Waals surface area contributed by atoms with Crippen LogP contribution in [0.25, 0.3) is 0 Å². The molecule has 9 nitrogen and oxygen atoms in total. The first kappa shape index (κ1) is 38.7. The highest BCUT2D eigenvalue weighted by molar-refractivity contribution is 5.90. The predicted molar refractivity (Wildman–Crippen MR) is 183 cm³/mol. The standard InChI is InChI=1S/C37H64N2O7/c1-3-4-5-6-7-11-14-17-20-31(39-43)33-22-24-35(45-33)36-25-23-34(46-36)32(40)21-18-15-12-9-8-10-13-16-19-30(38-42)27-29-26-28(2)44-37(29)41/h26,28,30-36,40H,3-25,27H2,1-2H3/t28-,30?,31?,32+,33+,34+,35-,36-/m0/s1. The summed E-state index contributed by atoms with van der Waals surface area (Å²) in [6.07, 6.45) is 26.0. The van der Waals surface area contributed by atoms with Crippen LogP contribution in [0.4, 0.5) is 0 Å². The van der Waals surface area contributed by atoms with Gasteiger partial charge in [-0.2, -0.15) is 9.81 Å². The molecule has 264 valence electrons. The van der Waals surface area contributed by atoms with E-state index in [1.54, 1.807) is 6.08 Å². The Hall–Kier alpha value is -1.71. The van der Waals surface area contributed by atoms with E-state index >= 15 is 0 Å². The number of hydrogen-bond donors (Lipinski definition) is 1. The molecule has 8 atom stereocenters. The molecule has 9 heteroatoms. The molecule has 0 amide bonds. The van der Waals surface area contributed by atoms with Gasteiger partial charge in [0.1, 0.15) is 12.1 Å². The maximum Gasteiger partial charge on any atom is 0.334 e. The van der Waals surface area contributed by atoms with Gasteiger partial charge in [0.05, 0.1) is 36.6 Å². The molecular formula is C37H64N2O7. The van der Waals surface area contributed by atoms with Gasteiger partial charge in [0.15, 0.2) is 0 Å². The van der Waals surface area contributed by atoms with Gasteiger partial charge in [-0.05, 0) is 57.9 Å².